The Labute approximate surface area is 204 Å². The molecule has 0 spiro atoms. The number of alkyl halides is 3. The summed E-state index contributed by atoms with van der Waals surface area (Å²) in [6.07, 6.45) is 0.845. The number of pyridine rings is 1. The Hall–Kier alpha value is -3.22. The van der Waals surface area contributed by atoms with Crippen molar-refractivity contribution in [2.45, 2.75) is 61.9 Å². The van der Waals surface area contributed by atoms with E-state index in [2.05, 4.69) is 20.0 Å². The molecule has 13 heteroatoms. The van der Waals surface area contributed by atoms with Crippen LogP contribution in [0.5, 0.6) is 5.75 Å². The number of aliphatic imine (C=N–C) groups is 1. The van der Waals surface area contributed by atoms with Crippen molar-refractivity contribution < 1.29 is 35.5 Å². The van der Waals surface area contributed by atoms with E-state index in [0.29, 0.717) is 0 Å². The van der Waals surface area contributed by atoms with Crippen LogP contribution in [0, 0.1) is 12.7 Å². The molecule has 3 heterocycles. The summed E-state index contributed by atoms with van der Waals surface area (Å²) < 4.78 is 85.6. The Morgan fingerprint density at radius 1 is 1.22 bits per heavy atom. The average molecular weight is 529 g/mol. The first kappa shape index (κ1) is 25.9. The van der Waals surface area contributed by atoms with E-state index < -0.39 is 55.4 Å². The largest absolute Gasteiger partial charge is 0.433 e. The molecule has 2 bridgehead atoms. The molecule has 1 amide bonds. The number of halogens is 4. The van der Waals surface area contributed by atoms with Gasteiger partial charge >= 0.3 is 6.61 Å². The van der Waals surface area contributed by atoms with Gasteiger partial charge in [-0.15, -0.1) is 0 Å². The van der Waals surface area contributed by atoms with E-state index in [0.717, 1.165) is 18.3 Å². The van der Waals surface area contributed by atoms with Crippen molar-refractivity contribution in [2.75, 3.05) is 5.32 Å². The van der Waals surface area contributed by atoms with Gasteiger partial charge in [0, 0.05) is 11.3 Å². The van der Waals surface area contributed by atoms with Gasteiger partial charge in [0.25, 0.3) is 5.91 Å². The predicted molar refractivity (Wildman–Crippen MR) is 124 cm³/mol. The maximum atomic E-state index is 16.5. The highest BCUT2D eigenvalue weighted by Crippen LogP contribution is 2.57. The summed E-state index contributed by atoms with van der Waals surface area (Å²) >= 11 is 0. The average Bonchev–Trinajstić information content (AvgIpc) is 2.77. The first-order valence-corrected chi connectivity index (χ1v) is 12.5. The van der Waals surface area contributed by atoms with Crippen molar-refractivity contribution in [3.63, 3.8) is 0 Å². The second-order valence-corrected chi connectivity index (χ2v) is 11.8. The van der Waals surface area contributed by atoms with Crippen molar-refractivity contribution in [3.8, 4) is 5.75 Å². The number of nitrogens with one attached hydrogen (secondary N) is 1. The van der Waals surface area contributed by atoms with Gasteiger partial charge in [-0.1, -0.05) is 0 Å². The fourth-order valence-corrected chi connectivity index (χ4v) is 7.41. The number of sulfone groups is 1. The monoisotopic (exact) mass is 528 g/mol. The molecule has 2 aromatic rings. The van der Waals surface area contributed by atoms with Crippen LogP contribution in [-0.4, -0.2) is 41.5 Å². The number of carbonyl (C=O) groups excluding carboxylic acids is 1. The van der Waals surface area contributed by atoms with E-state index in [1.165, 1.54) is 32.9 Å². The summed E-state index contributed by atoms with van der Waals surface area (Å²) in [5.41, 5.74) is 3.50. The van der Waals surface area contributed by atoms with Crippen LogP contribution in [0.25, 0.3) is 0 Å². The quantitative estimate of drug-likeness (QED) is 0.566. The highest BCUT2D eigenvalue weighted by atomic mass is 32.2. The van der Waals surface area contributed by atoms with Crippen molar-refractivity contribution in [2.24, 2.45) is 10.7 Å². The topological polar surface area (TPSA) is 124 Å². The van der Waals surface area contributed by atoms with Gasteiger partial charge in [0.2, 0.25) is 14.8 Å². The molecule has 0 saturated carbocycles. The van der Waals surface area contributed by atoms with Gasteiger partial charge in [-0.25, -0.2) is 22.2 Å². The van der Waals surface area contributed by atoms with Crippen LogP contribution in [0.2, 0.25) is 0 Å². The molecule has 2 aliphatic heterocycles. The van der Waals surface area contributed by atoms with Crippen LogP contribution in [0.1, 0.15) is 54.7 Å². The fourth-order valence-electron chi connectivity index (χ4n) is 4.87. The predicted octanol–water partition coefficient (Wildman–Crippen LogP) is 3.99. The van der Waals surface area contributed by atoms with Gasteiger partial charge < -0.3 is 15.8 Å². The zero-order chi connectivity index (χ0) is 26.7. The maximum Gasteiger partial charge on any atom is 0.387 e. The number of fused-ring (bicyclic) bond motifs is 2. The smallest absolute Gasteiger partial charge is 0.387 e. The SMILES string of the molecule is Cc1cc(OC(F)F)cnc1C(=O)Nc1ccc(F)c([C@@]2(C)N=C(N)[C@@]3(C)CCC[C@]2(F)S3(=O)=O)c1. The molecule has 0 aliphatic carbocycles. The lowest BCUT2D eigenvalue weighted by Crippen LogP contribution is -2.68. The van der Waals surface area contributed by atoms with E-state index in [4.69, 9.17) is 5.73 Å². The minimum absolute atomic E-state index is 0.00523. The molecule has 4 rings (SSSR count). The Balaban J connectivity index is 1.73. The first-order chi connectivity index (χ1) is 16.7. The van der Waals surface area contributed by atoms with E-state index in [-0.39, 0.29) is 41.4 Å². The third kappa shape index (κ3) is 3.62. The number of ether oxygens (including phenoxy) is 1. The van der Waals surface area contributed by atoms with Crippen molar-refractivity contribution in [1.29, 1.82) is 0 Å². The summed E-state index contributed by atoms with van der Waals surface area (Å²) in [5.74, 6) is -2.25. The molecule has 1 saturated heterocycles. The van der Waals surface area contributed by atoms with Crippen LogP contribution >= 0.6 is 0 Å². The minimum atomic E-state index is -4.54. The van der Waals surface area contributed by atoms with E-state index in [1.54, 1.807) is 0 Å². The molecule has 8 nitrogen and oxygen atoms in total. The zero-order valence-electron chi connectivity index (χ0n) is 19.6. The lowest BCUT2D eigenvalue weighted by molar-refractivity contribution is -0.0501. The van der Waals surface area contributed by atoms with Crippen LogP contribution in [0.3, 0.4) is 0 Å². The molecular weight excluding hydrogens is 504 g/mol. The van der Waals surface area contributed by atoms with Gasteiger partial charge in [-0.3, -0.25) is 9.79 Å². The van der Waals surface area contributed by atoms with Gasteiger partial charge in [0.05, 0.1) is 6.20 Å². The number of hydrogen-bond donors (Lipinski definition) is 2. The standard InChI is InChI=1S/C23H24F4N4O4S/c1-12-9-14(35-20(25)26)11-29-17(12)18(32)30-13-5-6-16(24)15(10-13)22(3)23(27)8-4-7-21(2,19(28)31-22)36(23,33)34/h5-6,9-11,20H,4,7-8H2,1-3H3,(H2,28,31)(H,30,32)/t21-,22-,23+/m1/s1. The highest BCUT2D eigenvalue weighted by Gasteiger charge is 2.71. The van der Waals surface area contributed by atoms with Crippen molar-refractivity contribution >= 4 is 27.3 Å². The van der Waals surface area contributed by atoms with E-state index in [1.807, 2.05) is 0 Å². The number of amidine groups is 1. The minimum Gasteiger partial charge on any atom is -0.433 e. The molecule has 3 N–H and O–H groups in total. The summed E-state index contributed by atoms with van der Waals surface area (Å²) in [6.45, 7) is 0.869. The second kappa shape index (κ2) is 8.43. The number of nitrogens with two attached hydrogens (primary N) is 1. The van der Waals surface area contributed by atoms with E-state index >= 15 is 8.78 Å². The first-order valence-electron chi connectivity index (χ1n) is 11.0. The van der Waals surface area contributed by atoms with Crippen molar-refractivity contribution in [1.82, 2.24) is 4.98 Å². The van der Waals surface area contributed by atoms with Crippen molar-refractivity contribution in [3.05, 3.63) is 53.1 Å². The number of rotatable bonds is 5. The molecule has 0 unspecified atom stereocenters. The normalized spacial score (nSPS) is 28.9. The molecule has 1 fully saturated rings. The van der Waals surface area contributed by atoms with Gasteiger partial charge in [-0.2, -0.15) is 8.78 Å². The third-order valence-corrected chi connectivity index (χ3v) is 10.1. The zero-order valence-corrected chi connectivity index (χ0v) is 20.4. The van der Waals surface area contributed by atoms with Crippen LogP contribution in [-0.2, 0) is 15.4 Å². The number of amides is 1. The Bertz CT molecular complexity index is 1390. The highest BCUT2D eigenvalue weighted by molar-refractivity contribution is 7.95. The molecule has 2 aliphatic rings. The number of aryl methyl sites for hydroxylation is 1. The molecular formula is C23H24F4N4O4S. The fraction of sp³-hybridized carbons (Fsp3) is 0.435. The molecule has 36 heavy (non-hydrogen) atoms. The third-order valence-electron chi connectivity index (χ3n) is 7.03. The number of benzene rings is 1. The summed E-state index contributed by atoms with van der Waals surface area (Å²) in [5, 5.41) is -0.450. The molecule has 1 aromatic carbocycles. The summed E-state index contributed by atoms with van der Waals surface area (Å²) in [6, 6.07) is 4.45. The molecule has 1 aromatic heterocycles. The Morgan fingerprint density at radius 2 is 1.92 bits per heavy atom. The lowest BCUT2D eigenvalue weighted by atomic mass is 9.81. The summed E-state index contributed by atoms with van der Waals surface area (Å²) in [4.78, 5) is 20.8. The second-order valence-electron chi connectivity index (χ2n) is 9.25. The lowest BCUT2D eigenvalue weighted by Gasteiger charge is -2.52. The van der Waals surface area contributed by atoms with Gasteiger partial charge in [0.1, 0.15) is 33.4 Å². The molecule has 0 radical (unpaired) electrons. The Morgan fingerprint density at radius 3 is 2.56 bits per heavy atom. The number of aromatic nitrogens is 1. The number of anilines is 1. The number of carbonyl (C=O) groups is 1. The van der Waals surface area contributed by atoms with Crippen LogP contribution in [0.4, 0.5) is 23.2 Å². The van der Waals surface area contributed by atoms with Gasteiger partial charge in [0.15, 0.2) is 0 Å². The number of nitrogens with zero attached hydrogens (tertiary/aromatic N) is 2. The van der Waals surface area contributed by atoms with Gasteiger partial charge in [-0.05, 0) is 69.9 Å². The molecule has 3 atom stereocenters. The van der Waals surface area contributed by atoms with Crippen LogP contribution in [0.15, 0.2) is 35.5 Å². The molecule has 194 valence electrons. The van der Waals surface area contributed by atoms with Crippen LogP contribution < -0.4 is 15.8 Å². The van der Waals surface area contributed by atoms with E-state index in [9.17, 15) is 22.0 Å². The summed E-state index contributed by atoms with van der Waals surface area (Å²) in [7, 11) is -4.54. The number of hydrogen-bond acceptors (Lipinski definition) is 7. The Kier molecular flexibility index (Phi) is 6.05. The maximum absolute atomic E-state index is 16.5.